The van der Waals surface area contributed by atoms with Crippen molar-refractivity contribution in [3.63, 3.8) is 0 Å². The van der Waals surface area contributed by atoms with E-state index in [0.29, 0.717) is 12.1 Å². The maximum atomic E-state index is 10.9. The quantitative estimate of drug-likeness (QED) is 0.657. The van der Waals surface area contributed by atoms with Crippen LogP contribution in [0, 0.1) is 0 Å². The molecule has 1 heterocycles. The van der Waals surface area contributed by atoms with Crippen LogP contribution < -0.4 is 5.32 Å². The Labute approximate surface area is 120 Å². The number of nitrogens with one attached hydrogen (secondary N) is 1. The molecule has 0 fully saturated rings. The monoisotopic (exact) mass is 293 g/mol. The van der Waals surface area contributed by atoms with E-state index in [1.54, 1.807) is 6.07 Å². The Morgan fingerprint density at radius 1 is 1.30 bits per heavy atom. The second-order valence-electron chi connectivity index (χ2n) is 4.36. The third-order valence-electron chi connectivity index (χ3n) is 2.87. The van der Waals surface area contributed by atoms with Gasteiger partial charge in [-0.2, -0.15) is 0 Å². The number of phenols is 2. The highest BCUT2D eigenvalue weighted by atomic mass is 32.1. The maximum Gasteiger partial charge on any atom is 0.305 e. The number of hydrogen-bond acceptors (Lipinski definition) is 5. The summed E-state index contributed by atoms with van der Waals surface area (Å²) in [6.45, 7) is 0.321. The summed E-state index contributed by atoms with van der Waals surface area (Å²) >= 11 is 1.49. The molecule has 1 aromatic heterocycles. The molecule has 1 atom stereocenters. The standard InChI is InChI=1S/C14H15NO4S/c16-10-4-3-9(12(17)6-10)8-15-11(7-14(18)19)13-2-1-5-20-13/h1-6,11,15-17H,7-8H2,(H,18,19). The minimum Gasteiger partial charge on any atom is -0.508 e. The zero-order valence-electron chi connectivity index (χ0n) is 10.6. The number of aromatic hydroxyl groups is 2. The van der Waals surface area contributed by atoms with Gasteiger partial charge in [0.15, 0.2) is 0 Å². The summed E-state index contributed by atoms with van der Waals surface area (Å²) in [6, 6.07) is 7.78. The highest BCUT2D eigenvalue weighted by Gasteiger charge is 2.16. The number of carbonyl (C=O) groups is 1. The van der Waals surface area contributed by atoms with Crippen molar-refractivity contribution in [2.24, 2.45) is 0 Å². The predicted molar refractivity (Wildman–Crippen MR) is 75.9 cm³/mol. The van der Waals surface area contributed by atoms with Crippen LogP contribution in [0.25, 0.3) is 0 Å². The summed E-state index contributed by atoms with van der Waals surface area (Å²) < 4.78 is 0. The van der Waals surface area contributed by atoms with Crippen LogP contribution in [0.1, 0.15) is 22.9 Å². The van der Waals surface area contributed by atoms with Gasteiger partial charge in [-0.1, -0.05) is 12.1 Å². The predicted octanol–water partition coefficient (Wildman–Crippen LogP) is 2.46. The van der Waals surface area contributed by atoms with E-state index in [4.69, 9.17) is 5.11 Å². The second kappa shape index (κ2) is 6.40. The van der Waals surface area contributed by atoms with Gasteiger partial charge in [0.25, 0.3) is 0 Å². The number of carboxylic acids is 1. The van der Waals surface area contributed by atoms with Crippen molar-refractivity contribution in [3.05, 3.63) is 46.2 Å². The fourth-order valence-corrected chi connectivity index (χ4v) is 2.67. The molecule has 1 aromatic carbocycles. The number of rotatable bonds is 6. The van der Waals surface area contributed by atoms with E-state index >= 15 is 0 Å². The maximum absolute atomic E-state index is 10.9. The van der Waals surface area contributed by atoms with Crippen molar-refractivity contribution >= 4 is 17.3 Å². The van der Waals surface area contributed by atoms with Crippen LogP contribution in [0.15, 0.2) is 35.7 Å². The fourth-order valence-electron chi connectivity index (χ4n) is 1.87. The Morgan fingerprint density at radius 3 is 2.70 bits per heavy atom. The zero-order valence-corrected chi connectivity index (χ0v) is 11.4. The SMILES string of the molecule is O=C(O)CC(NCc1ccc(O)cc1O)c1cccs1. The second-order valence-corrected chi connectivity index (χ2v) is 5.34. The molecular weight excluding hydrogens is 278 g/mol. The van der Waals surface area contributed by atoms with Crippen LogP contribution in [-0.2, 0) is 11.3 Å². The summed E-state index contributed by atoms with van der Waals surface area (Å²) in [7, 11) is 0. The van der Waals surface area contributed by atoms with Crippen molar-refractivity contribution in [1.82, 2.24) is 5.32 Å². The number of thiophene rings is 1. The van der Waals surface area contributed by atoms with Gasteiger partial charge in [0.05, 0.1) is 12.5 Å². The molecule has 20 heavy (non-hydrogen) atoms. The Bertz CT molecular complexity index is 583. The largest absolute Gasteiger partial charge is 0.508 e. The molecule has 1 unspecified atom stereocenters. The van der Waals surface area contributed by atoms with E-state index in [1.165, 1.54) is 23.5 Å². The molecule has 6 heteroatoms. The lowest BCUT2D eigenvalue weighted by atomic mass is 10.1. The minimum atomic E-state index is -0.883. The van der Waals surface area contributed by atoms with Crippen LogP contribution in [0.5, 0.6) is 11.5 Å². The molecule has 2 aromatic rings. The van der Waals surface area contributed by atoms with Gasteiger partial charge in [-0.3, -0.25) is 4.79 Å². The number of benzene rings is 1. The molecule has 0 radical (unpaired) electrons. The first-order valence-corrected chi connectivity index (χ1v) is 6.93. The van der Waals surface area contributed by atoms with Crippen molar-refractivity contribution in [2.75, 3.05) is 0 Å². The lowest BCUT2D eigenvalue weighted by Crippen LogP contribution is -2.22. The van der Waals surface area contributed by atoms with Gasteiger partial charge in [0, 0.05) is 23.1 Å². The molecule has 0 aliphatic heterocycles. The number of aliphatic carboxylic acids is 1. The van der Waals surface area contributed by atoms with Crippen LogP contribution in [0.4, 0.5) is 0 Å². The van der Waals surface area contributed by atoms with E-state index < -0.39 is 5.97 Å². The normalized spacial score (nSPS) is 12.2. The van der Waals surface area contributed by atoms with Gasteiger partial charge in [0.1, 0.15) is 11.5 Å². The van der Waals surface area contributed by atoms with E-state index in [-0.39, 0.29) is 24.0 Å². The number of hydrogen-bond donors (Lipinski definition) is 4. The highest BCUT2D eigenvalue weighted by Crippen LogP contribution is 2.25. The van der Waals surface area contributed by atoms with Gasteiger partial charge in [0.2, 0.25) is 0 Å². The highest BCUT2D eigenvalue weighted by molar-refractivity contribution is 7.10. The lowest BCUT2D eigenvalue weighted by molar-refractivity contribution is -0.137. The Hall–Kier alpha value is -2.05. The Morgan fingerprint density at radius 2 is 2.10 bits per heavy atom. The van der Waals surface area contributed by atoms with Crippen LogP contribution in [-0.4, -0.2) is 21.3 Å². The van der Waals surface area contributed by atoms with Crippen LogP contribution in [0.3, 0.4) is 0 Å². The molecule has 0 saturated heterocycles. The third kappa shape index (κ3) is 3.72. The average Bonchev–Trinajstić information content (AvgIpc) is 2.89. The molecule has 0 bridgehead atoms. The van der Waals surface area contributed by atoms with Gasteiger partial charge < -0.3 is 20.6 Å². The topological polar surface area (TPSA) is 89.8 Å². The minimum absolute atomic E-state index is 0.00778. The van der Waals surface area contributed by atoms with Crippen molar-refractivity contribution in [2.45, 2.75) is 19.0 Å². The average molecular weight is 293 g/mol. The molecule has 0 amide bonds. The number of phenolic OH excluding ortho intramolecular Hbond substituents is 2. The molecule has 0 aliphatic carbocycles. The van der Waals surface area contributed by atoms with Gasteiger partial charge in [-0.05, 0) is 17.5 Å². The fraction of sp³-hybridized carbons (Fsp3) is 0.214. The van der Waals surface area contributed by atoms with Crippen molar-refractivity contribution in [3.8, 4) is 11.5 Å². The first-order chi connectivity index (χ1) is 9.56. The van der Waals surface area contributed by atoms with Crippen LogP contribution in [0.2, 0.25) is 0 Å². The molecular formula is C14H15NO4S. The van der Waals surface area contributed by atoms with E-state index in [0.717, 1.165) is 4.88 Å². The smallest absolute Gasteiger partial charge is 0.305 e. The van der Waals surface area contributed by atoms with Crippen molar-refractivity contribution < 1.29 is 20.1 Å². The van der Waals surface area contributed by atoms with Crippen molar-refractivity contribution in [1.29, 1.82) is 0 Å². The molecule has 0 saturated carbocycles. The summed E-state index contributed by atoms with van der Waals surface area (Å²) in [5.74, 6) is -0.907. The molecule has 106 valence electrons. The summed E-state index contributed by atoms with van der Waals surface area (Å²) in [5.41, 5.74) is 0.606. The summed E-state index contributed by atoms with van der Waals surface area (Å²) in [5, 5.41) is 32.9. The Balaban J connectivity index is 2.07. The third-order valence-corrected chi connectivity index (χ3v) is 3.86. The molecule has 0 aliphatic rings. The first-order valence-electron chi connectivity index (χ1n) is 6.05. The molecule has 2 rings (SSSR count). The summed E-state index contributed by atoms with van der Waals surface area (Å²) in [6.07, 6.45) is -0.0284. The first kappa shape index (κ1) is 14.4. The summed E-state index contributed by atoms with van der Waals surface area (Å²) in [4.78, 5) is 11.8. The molecule has 0 spiro atoms. The van der Waals surface area contributed by atoms with Gasteiger partial charge >= 0.3 is 5.97 Å². The Kier molecular flexibility index (Phi) is 4.60. The van der Waals surface area contributed by atoms with Gasteiger partial charge in [-0.15, -0.1) is 11.3 Å². The van der Waals surface area contributed by atoms with E-state index in [2.05, 4.69) is 5.32 Å². The zero-order chi connectivity index (χ0) is 14.5. The molecule has 4 N–H and O–H groups in total. The van der Waals surface area contributed by atoms with Crippen LogP contribution >= 0.6 is 11.3 Å². The van der Waals surface area contributed by atoms with E-state index in [9.17, 15) is 15.0 Å². The lowest BCUT2D eigenvalue weighted by Gasteiger charge is -2.16. The van der Waals surface area contributed by atoms with Gasteiger partial charge in [-0.25, -0.2) is 0 Å². The molecule has 5 nitrogen and oxygen atoms in total. The number of carboxylic acid groups (broad SMARTS) is 1. The van der Waals surface area contributed by atoms with E-state index in [1.807, 2.05) is 17.5 Å².